The molecule has 3 N–H and O–H groups in total. The lowest BCUT2D eigenvalue weighted by molar-refractivity contribution is -0.145. The number of amides is 1. The van der Waals surface area contributed by atoms with Crippen molar-refractivity contribution < 1.29 is 26.7 Å². The summed E-state index contributed by atoms with van der Waals surface area (Å²) in [6.45, 7) is 0.684. The van der Waals surface area contributed by atoms with Gasteiger partial charge in [0.2, 0.25) is 0 Å². The average molecular weight is 495 g/mol. The van der Waals surface area contributed by atoms with Gasteiger partial charge in [-0.2, -0.15) is 13.2 Å². The van der Waals surface area contributed by atoms with Crippen LogP contribution in [0.3, 0.4) is 0 Å². The van der Waals surface area contributed by atoms with E-state index in [0.29, 0.717) is 11.8 Å². The van der Waals surface area contributed by atoms with Crippen LogP contribution < -0.4 is 10.6 Å². The molecule has 2 heterocycles. The Morgan fingerprint density at radius 3 is 2.49 bits per heavy atom. The van der Waals surface area contributed by atoms with Crippen molar-refractivity contribution in [3.05, 3.63) is 66.0 Å². The number of anilines is 1. The monoisotopic (exact) mass is 495 g/mol. The molecule has 1 aliphatic heterocycles. The van der Waals surface area contributed by atoms with E-state index < -0.39 is 54.2 Å². The van der Waals surface area contributed by atoms with Gasteiger partial charge >= 0.3 is 6.18 Å². The first-order chi connectivity index (χ1) is 16.4. The van der Waals surface area contributed by atoms with Crippen LogP contribution in [0.4, 0.5) is 27.8 Å². The van der Waals surface area contributed by atoms with Crippen molar-refractivity contribution in [1.82, 2.24) is 15.2 Å². The van der Waals surface area contributed by atoms with Crippen molar-refractivity contribution in [2.24, 2.45) is 5.92 Å². The lowest BCUT2D eigenvalue weighted by atomic mass is 9.87. The Morgan fingerprint density at radius 2 is 1.91 bits per heavy atom. The number of halogens is 5. The fourth-order valence-corrected chi connectivity index (χ4v) is 4.08. The lowest BCUT2D eigenvalue weighted by Crippen LogP contribution is -2.58. The van der Waals surface area contributed by atoms with E-state index in [-0.39, 0.29) is 17.9 Å². The van der Waals surface area contributed by atoms with E-state index in [2.05, 4.69) is 15.6 Å². The topological polar surface area (TPSA) is 81.1 Å². The van der Waals surface area contributed by atoms with Gasteiger partial charge in [0, 0.05) is 38.0 Å². The Morgan fingerprint density at radius 1 is 1.23 bits per heavy atom. The number of pyridine rings is 1. The van der Waals surface area contributed by atoms with Gasteiger partial charge in [0.15, 0.2) is 0 Å². The molecule has 1 saturated heterocycles. The van der Waals surface area contributed by atoms with Crippen LogP contribution in [0.15, 0.2) is 54.9 Å². The van der Waals surface area contributed by atoms with Gasteiger partial charge in [-0.25, -0.2) is 13.8 Å². The molecule has 11 heteroatoms. The normalized spacial score (nSPS) is 20.3. The third-order valence-corrected chi connectivity index (χ3v) is 5.78. The molecule has 0 bridgehead atoms. The van der Waals surface area contributed by atoms with Crippen LogP contribution in [0.1, 0.15) is 24.5 Å². The summed E-state index contributed by atoms with van der Waals surface area (Å²) in [7, 11) is 1.60. The Bertz CT molecular complexity index is 1070. The lowest BCUT2D eigenvalue weighted by Gasteiger charge is -2.43. The number of piperidine rings is 1. The number of carbonyl (C=O) groups excluding carboxylic acids is 1. The zero-order valence-electron chi connectivity index (χ0n) is 19.2. The van der Waals surface area contributed by atoms with E-state index in [9.17, 15) is 26.7 Å². The molecule has 1 fully saturated rings. The maximum atomic E-state index is 14.5. The van der Waals surface area contributed by atoms with Crippen molar-refractivity contribution in [3.63, 3.8) is 0 Å². The number of likely N-dealkylation sites (tertiary alicyclic amines) is 1. The molecule has 35 heavy (non-hydrogen) atoms. The minimum atomic E-state index is -4.53. The average Bonchev–Trinajstić information content (AvgIpc) is 2.80. The number of carbonyl (C=O) groups is 1. The first kappa shape index (κ1) is 26.1. The number of rotatable bonds is 7. The maximum absolute atomic E-state index is 14.5. The molecule has 0 saturated carbocycles. The molecule has 2 aromatic rings. The second-order valence-electron chi connectivity index (χ2n) is 8.44. The zero-order chi connectivity index (χ0) is 25.8. The third-order valence-electron chi connectivity index (χ3n) is 5.78. The van der Waals surface area contributed by atoms with E-state index in [1.54, 1.807) is 44.3 Å². The molecule has 1 amide bonds. The molecule has 1 aliphatic rings. The molecular formula is C24H26F5N5O. The standard InChI is InChI=1S/C24H26F5N5O/c1-15-10-23(25,26)14-34(19(15)13-33-20-9-8-17(11-32-20)24(27,28)29)22(35)21(30)18(12-31-2)16-6-4-3-5-7-16/h3-9,11-12,15,19,30-31H,10,13-14H2,1-2H3,(H,32,33)/b18-12-,30-21?/t15-,19?/m1/s1. The maximum Gasteiger partial charge on any atom is 0.417 e. The summed E-state index contributed by atoms with van der Waals surface area (Å²) in [5, 5.41) is 14.1. The van der Waals surface area contributed by atoms with E-state index in [0.717, 1.165) is 17.0 Å². The molecule has 1 aromatic carbocycles. The molecule has 1 unspecified atom stereocenters. The second kappa shape index (κ2) is 10.4. The highest BCUT2D eigenvalue weighted by atomic mass is 19.4. The van der Waals surface area contributed by atoms with Crippen molar-refractivity contribution >= 4 is 23.0 Å². The summed E-state index contributed by atoms with van der Waals surface area (Å²) in [6, 6.07) is 9.91. The van der Waals surface area contributed by atoms with Gasteiger partial charge in [-0.15, -0.1) is 0 Å². The third kappa shape index (κ3) is 6.34. The fourth-order valence-electron chi connectivity index (χ4n) is 4.08. The van der Waals surface area contributed by atoms with Crippen LogP contribution in [0.5, 0.6) is 0 Å². The smallest absolute Gasteiger partial charge is 0.393 e. The number of alkyl halides is 5. The van der Waals surface area contributed by atoms with E-state index in [1.165, 1.54) is 6.20 Å². The van der Waals surface area contributed by atoms with Gasteiger partial charge in [-0.3, -0.25) is 10.2 Å². The minimum Gasteiger partial charge on any atom is -0.393 e. The fraction of sp³-hybridized carbons (Fsp3) is 0.375. The summed E-state index contributed by atoms with van der Waals surface area (Å²) in [5.74, 6) is -4.54. The van der Waals surface area contributed by atoms with Crippen molar-refractivity contribution in [3.8, 4) is 0 Å². The van der Waals surface area contributed by atoms with Crippen molar-refractivity contribution in [2.75, 3.05) is 25.5 Å². The summed E-state index contributed by atoms with van der Waals surface area (Å²) >= 11 is 0. The van der Waals surface area contributed by atoms with Crippen LogP contribution >= 0.6 is 0 Å². The summed E-state index contributed by atoms with van der Waals surface area (Å²) in [5.41, 5.74) is -0.548. The van der Waals surface area contributed by atoms with Gasteiger partial charge in [-0.1, -0.05) is 37.3 Å². The molecule has 0 aliphatic carbocycles. The molecule has 2 atom stereocenters. The second-order valence-corrected chi connectivity index (χ2v) is 8.44. The molecule has 0 spiro atoms. The summed E-state index contributed by atoms with van der Waals surface area (Å²) in [4.78, 5) is 18.0. The zero-order valence-corrected chi connectivity index (χ0v) is 19.2. The van der Waals surface area contributed by atoms with Crippen LogP contribution in [-0.4, -0.2) is 53.6 Å². The highest BCUT2D eigenvalue weighted by molar-refractivity contribution is 6.54. The molecule has 1 aromatic heterocycles. The predicted octanol–water partition coefficient (Wildman–Crippen LogP) is 4.66. The Balaban J connectivity index is 1.83. The quantitative estimate of drug-likeness (QED) is 0.386. The van der Waals surface area contributed by atoms with Gasteiger partial charge in [0.25, 0.3) is 11.8 Å². The number of nitrogens with zero attached hydrogens (tertiary/aromatic N) is 2. The van der Waals surface area contributed by atoms with Gasteiger partial charge in [-0.05, 0) is 23.6 Å². The number of aromatic nitrogens is 1. The Kier molecular flexibility index (Phi) is 7.76. The molecule has 0 radical (unpaired) electrons. The van der Waals surface area contributed by atoms with Crippen LogP contribution in [0, 0.1) is 11.3 Å². The van der Waals surface area contributed by atoms with E-state index in [1.807, 2.05) is 0 Å². The van der Waals surface area contributed by atoms with E-state index >= 15 is 0 Å². The SMILES string of the molecule is CN/C=C(\C(=N)C(=O)N1CC(F)(F)C[C@@H](C)C1CNc1ccc(C(F)(F)F)cn1)c1ccccc1. The number of benzene rings is 1. The molecular weight excluding hydrogens is 469 g/mol. The highest BCUT2D eigenvalue weighted by Crippen LogP contribution is 2.35. The van der Waals surface area contributed by atoms with Gasteiger partial charge in [0.05, 0.1) is 18.2 Å². The molecule has 188 valence electrons. The van der Waals surface area contributed by atoms with Gasteiger partial charge in [0.1, 0.15) is 11.5 Å². The van der Waals surface area contributed by atoms with Crippen molar-refractivity contribution in [1.29, 1.82) is 5.41 Å². The highest BCUT2D eigenvalue weighted by Gasteiger charge is 2.46. The first-order valence-electron chi connectivity index (χ1n) is 10.9. The van der Waals surface area contributed by atoms with Crippen LogP contribution in [-0.2, 0) is 11.0 Å². The summed E-state index contributed by atoms with van der Waals surface area (Å²) in [6.07, 6.45) is -2.86. The largest absolute Gasteiger partial charge is 0.417 e. The molecule has 3 rings (SSSR count). The summed E-state index contributed by atoms with van der Waals surface area (Å²) < 4.78 is 67.2. The number of hydrogen-bond donors (Lipinski definition) is 3. The molecule has 6 nitrogen and oxygen atoms in total. The first-order valence-corrected chi connectivity index (χ1v) is 10.9. The van der Waals surface area contributed by atoms with Crippen molar-refractivity contribution in [2.45, 2.75) is 31.5 Å². The minimum absolute atomic E-state index is 0.0228. The van der Waals surface area contributed by atoms with Crippen LogP contribution in [0.25, 0.3) is 5.57 Å². The van der Waals surface area contributed by atoms with Crippen LogP contribution in [0.2, 0.25) is 0 Å². The van der Waals surface area contributed by atoms with Gasteiger partial charge < -0.3 is 15.5 Å². The Hall–Kier alpha value is -3.50. The predicted molar refractivity (Wildman–Crippen MR) is 123 cm³/mol. The number of hydrogen-bond acceptors (Lipinski definition) is 5. The number of nitrogens with one attached hydrogen (secondary N) is 3. The van der Waals surface area contributed by atoms with E-state index in [4.69, 9.17) is 5.41 Å². The Labute approximate surface area is 199 Å².